The maximum Gasteiger partial charge on any atom is 0.339 e. The Kier molecular flexibility index (Phi) is 5.13. The van der Waals surface area contributed by atoms with Crippen LogP contribution < -0.4 is 0 Å². The lowest BCUT2D eigenvalue weighted by molar-refractivity contribution is -0.153. The highest BCUT2D eigenvalue weighted by molar-refractivity contribution is 6.30. The highest BCUT2D eigenvalue weighted by Gasteiger charge is 2.45. The molecule has 4 rings (SSSR count). The quantitative estimate of drug-likeness (QED) is 0.745. The van der Waals surface area contributed by atoms with Gasteiger partial charge in [-0.1, -0.05) is 41.9 Å². The van der Waals surface area contributed by atoms with Gasteiger partial charge in [0.05, 0.1) is 5.56 Å². The molecule has 1 unspecified atom stereocenters. The molecule has 5 nitrogen and oxygen atoms in total. The van der Waals surface area contributed by atoms with Crippen LogP contribution in [-0.4, -0.2) is 53.5 Å². The van der Waals surface area contributed by atoms with Crippen LogP contribution in [0.25, 0.3) is 0 Å². The minimum atomic E-state index is -1.14. The summed E-state index contributed by atoms with van der Waals surface area (Å²) in [5.41, 5.74) is 1.49. The number of cyclic esters (lactones) is 1. The first-order chi connectivity index (χ1) is 13.4. The van der Waals surface area contributed by atoms with Crippen LogP contribution in [0.15, 0.2) is 48.5 Å². The van der Waals surface area contributed by atoms with Gasteiger partial charge in [-0.25, -0.2) is 4.79 Å². The molecule has 1 saturated heterocycles. The second kappa shape index (κ2) is 7.57. The van der Waals surface area contributed by atoms with Crippen LogP contribution in [0.5, 0.6) is 0 Å². The highest BCUT2D eigenvalue weighted by atomic mass is 35.5. The Bertz CT molecular complexity index is 891. The van der Waals surface area contributed by atoms with Gasteiger partial charge >= 0.3 is 5.97 Å². The Morgan fingerprint density at radius 3 is 2.46 bits per heavy atom. The van der Waals surface area contributed by atoms with Gasteiger partial charge in [0.25, 0.3) is 5.91 Å². The lowest BCUT2D eigenvalue weighted by Gasteiger charge is -2.41. The molecule has 146 valence electrons. The molecule has 0 aliphatic carbocycles. The number of esters is 1. The number of halogens is 1. The van der Waals surface area contributed by atoms with Gasteiger partial charge in [-0.2, -0.15) is 0 Å². The van der Waals surface area contributed by atoms with Crippen molar-refractivity contribution in [2.24, 2.45) is 0 Å². The van der Waals surface area contributed by atoms with Crippen molar-refractivity contribution >= 4 is 23.5 Å². The molecule has 0 saturated carbocycles. The van der Waals surface area contributed by atoms with E-state index >= 15 is 0 Å². The van der Waals surface area contributed by atoms with Crippen LogP contribution >= 0.6 is 11.6 Å². The molecule has 1 amide bonds. The van der Waals surface area contributed by atoms with Crippen molar-refractivity contribution < 1.29 is 14.3 Å². The molecule has 0 N–H and O–H groups in total. The molecule has 2 aliphatic rings. The van der Waals surface area contributed by atoms with Crippen LogP contribution in [0.1, 0.15) is 28.4 Å². The minimum Gasteiger partial charge on any atom is -0.445 e. The fourth-order valence-electron chi connectivity index (χ4n) is 3.94. The van der Waals surface area contributed by atoms with E-state index in [1.54, 1.807) is 13.0 Å². The Balaban J connectivity index is 1.39. The summed E-state index contributed by atoms with van der Waals surface area (Å²) in [7, 11) is 0. The zero-order chi connectivity index (χ0) is 19.7. The Labute approximate surface area is 169 Å². The number of amides is 1. The smallest absolute Gasteiger partial charge is 0.339 e. The van der Waals surface area contributed by atoms with E-state index in [0.29, 0.717) is 25.1 Å². The Morgan fingerprint density at radius 1 is 1.07 bits per heavy atom. The summed E-state index contributed by atoms with van der Waals surface area (Å²) in [4.78, 5) is 29.6. The number of benzene rings is 2. The molecule has 28 heavy (non-hydrogen) atoms. The van der Waals surface area contributed by atoms with E-state index < -0.39 is 11.6 Å². The maximum absolute atomic E-state index is 13.1. The SMILES string of the molecule is CC1(C(=O)N2CCN(Cc3ccc(Cl)cc3)CC2)Cc2ccccc2C(=O)O1. The second-order valence-electron chi connectivity index (χ2n) is 7.65. The molecule has 6 heteroatoms. The summed E-state index contributed by atoms with van der Waals surface area (Å²) in [6.07, 6.45) is 0.415. The number of hydrogen-bond acceptors (Lipinski definition) is 4. The standard InChI is InChI=1S/C22H23ClN2O3/c1-22(14-17-4-2-3-5-19(17)20(26)28-22)21(27)25-12-10-24(11-13-25)15-16-6-8-18(23)9-7-16/h2-9H,10-15H2,1H3. The van der Waals surface area contributed by atoms with E-state index in [9.17, 15) is 9.59 Å². The van der Waals surface area contributed by atoms with Crippen LogP contribution in [-0.2, 0) is 22.5 Å². The molecular weight excluding hydrogens is 376 g/mol. The third-order valence-corrected chi connectivity index (χ3v) is 5.77. The average molecular weight is 399 g/mol. The van der Waals surface area contributed by atoms with E-state index in [1.165, 1.54) is 5.56 Å². The molecule has 2 heterocycles. The molecule has 1 atom stereocenters. The molecule has 2 aromatic rings. The van der Waals surface area contributed by atoms with Gasteiger partial charge in [0.1, 0.15) is 0 Å². The third-order valence-electron chi connectivity index (χ3n) is 5.51. The molecule has 2 aromatic carbocycles. The van der Waals surface area contributed by atoms with Crippen LogP contribution in [0.2, 0.25) is 5.02 Å². The molecule has 0 spiro atoms. The number of hydrogen-bond donors (Lipinski definition) is 0. The van der Waals surface area contributed by atoms with Gasteiger partial charge in [-0.05, 0) is 36.2 Å². The molecule has 2 aliphatic heterocycles. The predicted molar refractivity (Wildman–Crippen MR) is 107 cm³/mol. The lowest BCUT2D eigenvalue weighted by Crippen LogP contribution is -2.57. The Morgan fingerprint density at radius 2 is 1.75 bits per heavy atom. The van der Waals surface area contributed by atoms with Crippen LogP contribution in [0, 0.1) is 0 Å². The average Bonchev–Trinajstić information content (AvgIpc) is 2.70. The first kappa shape index (κ1) is 19.0. The fraction of sp³-hybridized carbons (Fsp3) is 0.364. The number of ether oxygens (including phenoxy) is 1. The van der Waals surface area contributed by atoms with Gasteiger partial charge in [0, 0.05) is 44.2 Å². The predicted octanol–water partition coefficient (Wildman–Crippen LogP) is 3.16. The van der Waals surface area contributed by atoms with Crippen LogP contribution in [0.4, 0.5) is 0 Å². The normalized spacial score (nSPS) is 22.5. The zero-order valence-electron chi connectivity index (χ0n) is 15.9. The number of nitrogens with zero attached hydrogens (tertiary/aromatic N) is 2. The minimum absolute atomic E-state index is 0.110. The van der Waals surface area contributed by atoms with Crippen molar-refractivity contribution in [3.05, 3.63) is 70.2 Å². The van der Waals surface area contributed by atoms with E-state index in [4.69, 9.17) is 16.3 Å². The number of carbonyl (C=O) groups excluding carboxylic acids is 2. The van der Waals surface area contributed by atoms with Gasteiger partial charge in [0.15, 0.2) is 5.60 Å². The topological polar surface area (TPSA) is 49.9 Å². The summed E-state index contributed by atoms with van der Waals surface area (Å²) in [5, 5.41) is 0.732. The maximum atomic E-state index is 13.1. The number of piperazine rings is 1. The summed E-state index contributed by atoms with van der Waals surface area (Å²) >= 11 is 5.94. The van der Waals surface area contributed by atoms with Crippen molar-refractivity contribution in [1.82, 2.24) is 9.80 Å². The second-order valence-corrected chi connectivity index (χ2v) is 8.09. The van der Waals surface area contributed by atoms with Gasteiger partial charge in [0.2, 0.25) is 0 Å². The zero-order valence-corrected chi connectivity index (χ0v) is 16.6. The fourth-order valence-corrected chi connectivity index (χ4v) is 4.07. The van der Waals surface area contributed by atoms with Gasteiger partial charge in [-0.15, -0.1) is 0 Å². The van der Waals surface area contributed by atoms with E-state index in [-0.39, 0.29) is 5.91 Å². The molecule has 0 bridgehead atoms. The first-order valence-corrected chi connectivity index (χ1v) is 9.90. The largest absolute Gasteiger partial charge is 0.445 e. The van der Waals surface area contributed by atoms with Crippen molar-refractivity contribution in [1.29, 1.82) is 0 Å². The van der Waals surface area contributed by atoms with Gasteiger partial charge in [-0.3, -0.25) is 9.69 Å². The van der Waals surface area contributed by atoms with E-state index in [0.717, 1.165) is 30.2 Å². The van der Waals surface area contributed by atoms with E-state index in [1.807, 2.05) is 47.4 Å². The van der Waals surface area contributed by atoms with Crippen LogP contribution in [0.3, 0.4) is 0 Å². The molecule has 0 aromatic heterocycles. The van der Waals surface area contributed by atoms with Crippen molar-refractivity contribution in [2.45, 2.75) is 25.5 Å². The summed E-state index contributed by atoms with van der Waals surface area (Å²) < 4.78 is 5.59. The monoisotopic (exact) mass is 398 g/mol. The summed E-state index contributed by atoms with van der Waals surface area (Å²) in [6.45, 7) is 5.38. The summed E-state index contributed by atoms with van der Waals surface area (Å²) in [5.74, 6) is -0.527. The lowest BCUT2D eigenvalue weighted by atomic mass is 9.88. The van der Waals surface area contributed by atoms with E-state index in [2.05, 4.69) is 4.90 Å². The molecular formula is C22H23ClN2O3. The number of fused-ring (bicyclic) bond motifs is 1. The van der Waals surface area contributed by atoms with Crippen molar-refractivity contribution in [3.8, 4) is 0 Å². The summed E-state index contributed by atoms with van der Waals surface area (Å²) in [6, 6.07) is 15.2. The van der Waals surface area contributed by atoms with Gasteiger partial charge < -0.3 is 9.64 Å². The number of carbonyl (C=O) groups is 2. The Hall–Kier alpha value is -2.37. The number of rotatable bonds is 3. The third kappa shape index (κ3) is 3.77. The molecule has 0 radical (unpaired) electrons. The molecule has 1 fully saturated rings. The first-order valence-electron chi connectivity index (χ1n) is 9.52. The highest BCUT2D eigenvalue weighted by Crippen LogP contribution is 2.30. The van der Waals surface area contributed by atoms with Crippen molar-refractivity contribution in [3.63, 3.8) is 0 Å². The van der Waals surface area contributed by atoms with Crippen molar-refractivity contribution in [2.75, 3.05) is 26.2 Å².